The van der Waals surface area contributed by atoms with Crippen LogP contribution in [0.5, 0.6) is 0 Å². The summed E-state index contributed by atoms with van der Waals surface area (Å²) in [5.74, 6) is 5.97. The summed E-state index contributed by atoms with van der Waals surface area (Å²) < 4.78 is 0. The quantitative estimate of drug-likeness (QED) is 0.470. The number of hydrogen-bond donors (Lipinski definition) is 1. The fraction of sp³-hybridized carbons (Fsp3) is 0.800. The molecule has 0 amide bonds. The van der Waals surface area contributed by atoms with E-state index in [0.29, 0.717) is 0 Å². The molecule has 1 N–H and O–H groups in total. The van der Waals surface area contributed by atoms with Gasteiger partial charge in [0.25, 0.3) is 0 Å². The molecule has 0 radical (unpaired) electrons. The van der Waals surface area contributed by atoms with E-state index in [1.165, 1.54) is 0 Å². The third-order valence-corrected chi connectivity index (χ3v) is 3.30. The smallest absolute Gasteiger partial charge is 0.114 e. The molecule has 0 saturated carbocycles. The van der Waals surface area contributed by atoms with Gasteiger partial charge in [0.05, 0.1) is 8.07 Å². The van der Waals surface area contributed by atoms with Crippen LogP contribution < -0.4 is 0 Å². The van der Waals surface area contributed by atoms with Crippen LogP contribution in [-0.4, -0.2) is 24.6 Å². The molecule has 0 rings (SSSR count). The molecule has 0 aliphatic carbocycles. The molecule has 0 aliphatic heterocycles. The van der Waals surface area contributed by atoms with Crippen molar-refractivity contribution in [2.75, 3.05) is 5.33 Å². The van der Waals surface area contributed by atoms with Gasteiger partial charge in [-0.1, -0.05) is 41.5 Å². The summed E-state index contributed by atoms with van der Waals surface area (Å²) >= 11 is 3.33. The molecule has 0 aromatic heterocycles. The maximum absolute atomic E-state index is 9.40. The summed E-state index contributed by atoms with van der Waals surface area (Å²) in [5, 5.41) is 10.3. The average molecular weight is 263 g/mol. The summed E-state index contributed by atoms with van der Waals surface area (Å²) in [6, 6.07) is 0.984. The van der Waals surface area contributed by atoms with E-state index < -0.39 is 14.2 Å². The first-order valence-corrected chi connectivity index (χ1v) is 9.51. The fourth-order valence-electron chi connectivity index (χ4n) is 0.777. The average Bonchev–Trinajstić information content (AvgIpc) is 1.98. The molecule has 76 valence electrons. The minimum absolute atomic E-state index is 0.422. The Balaban J connectivity index is 3.69. The van der Waals surface area contributed by atoms with Gasteiger partial charge in [0.15, 0.2) is 0 Å². The molecule has 1 nitrogen and oxygen atoms in total. The van der Waals surface area contributed by atoms with E-state index in [1.807, 2.05) is 0 Å². The molecule has 1 unspecified atom stereocenters. The maximum Gasteiger partial charge on any atom is 0.114 e. The van der Waals surface area contributed by atoms with Gasteiger partial charge in [0.1, 0.15) is 6.10 Å². The Morgan fingerprint density at radius 3 is 2.46 bits per heavy atom. The highest BCUT2D eigenvalue weighted by atomic mass is 79.9. The number of aliphatic hydroxyl groups is 1. The highest BCUT2D eigenvalue weighted by Crippen LogP contribution is 2.06. The molecule has 13 heavy (non-hydrogen) atoms. The lowest BCUT2D eigenvalue weighted by Crippen LogP contribution is -2.17. The monoisotopic (exact) mass is 262 g/mol. The number of aliphatic hydroxyl groups excluding tert-OH is 1. The first-order chi connectivity index (χ1) is 5.95. The Morgan fingerprint density at radius 2 is 2.00 bits per heavy atom. The first-order valence-electron chi connectivity index (χ1n) is 4.68. The van der Waals surface area contributed by atoms with Crippen molar-refractivity contribution in [2.24, 2.45) is 0 Å². The van der Waals surface area contributed by atoms with Gasteiger partial charge in [-0.2, -0.15) is 0 Å². The number of hydrogen-bond acceptors (Lipinski definition) is 1. The summed E-state index contributed by atoms with van der Waals surface area (Å²) in [6.07, 6.45) is 1.35. The SMILES string of the molecule is C[Si](C)(C)CC#CC(O)CCCBr. The molecule has 1 atom stereocenters. The molecule has 3 heteroatoms. The lowest BCUT2D eigenvalue weighted by molar-refractivity contribution is 0.221. The third kappa shape index (κ3) is 10.1. The Labute approximate surface area is 91.1 Å². The highest BCUT2D eigenvalue weighted by Gasteiger charge is 2.10. The number of alkyl halides is 1. The molecule has 0 aromatic rings. The molecular weight excluding hydrogens is 244 g/mol. The van der Waals surface area contributed by atoms with Gasteiger partial charge in [-0.15, -0.1) is 5.92 Å². The zero-order valence-electron chi connectivity index (χ0n) is 8.73. The van der Waals surface area contributed by atoms with Gasteiger partial charge < -0.3 is 5.11 Å². The van der Waals surface area contributed by atoms with Crippen LogP contribution in [0, 0.1) is 11.8 Å². The number of rotatable bonds is 4. The molecule has 0 aromatic carbocycles. The van der Waals surface area contributed by atoms with Crippen molar-refractivity contribution in [2.45, 2.75) is 44.6 Å². The van der Waals surface area contributed by atoms with E-state index in [0.717, 1.165) is 24.2 Å². The molecule has 0 spiro atoms. The van der Waals surface area contributed by atoms with Crippen molar-refractivity contribution in [1.82, 2.24) is 0 Å². The van der Waals surface area contributed by atoms with E-state index >= 15 is 0 Å². The molecule has 0 fully saturated rings. The number of halogens is 1. The Kier molecular flexibility index (Phi) is 6.75. The van der Waals surface area contributed by atoms with Crippen molar-refractivity contribution in [3.05, 3.63) is 0 Å². The minimum Gasteiger partial charge on any atom is -0.380 e. The minimum atomic E-state index is -1.05. The van der Waals surface area contributed by atoms with Crippen LogP contribution >= 0.6 is 15.9 Å². The van der Waals surface area contributed by atoms with Gasteiger partial charge in [-0.25, -0.2) is 0 Å². The van der Waals surface area contributed by atoms with Gasteiger partial charge >= 0.3 is 0 Å². The van der Waals surface area contributed by atoms with Crippen LogP contribution in [0.15, 0.2) is 0 Å². The largest absolute Gasteiger partial charge is 0.380 e. The molecule has 0 aliphatic rings. The van der Waals surface area contributed by atoms with Crippen LogP contribution in [0.1, 0.15) is 12.8 Å². The second-order valence-corrected chi connectivity index (χ2v) is 10.7. The van der Waals surface area contributed by atoms with Crippen LogP contribution in [0.4, 0.5) is 0 Å². The van der Waals surface area contributed by atoms with E-state index in [1.54, 1.807) is 0 Å². The Bertz CT molecular complexity index is 187. The van der Waals surface area contributed by atoms with Crippen molar-refractivity contribution in [1.29, 1.82) is 0 Å². The topological polar surface area (TPSA) is 20.2 Å². The van der Waals surface area contributed by atoms with Crippen LogP contribution in [0.3, 0.4) is 0 Å². The normalized spacial score (nSPS) is 13.3. The van der Waals surface area contributed by atoms with Crippen LogP contribution in [0.25, 0.3) is 0 Å². The fourth-order valence-corrected chi connectivity index (χ4v) is 1.73. The Morgan fingerprint density at radius 1 is 1.38 bits per heavy atom. The van der Waals surface area contributed by atoms with Gasteiger partial charge in [-0.05, 0) is 12.8 Å². The van der Waals surface area contributed by atoms with E-state index in [-0.39, 0.29) is 0 Å². The lowest BCUT2D eigenvalue weighted by atomic mass is 10.2. The summed E-state index contributed by atoms with van der Waals surface area (Å²) in [6.45, 7) is 6.85. The highest BCUT2D eigenvalue weighted by molar-refractivity contribution is 9.09. The van der Waals surface area contributed by atoms with E-state index in [9.17, 15) is 5.11 Å². The predicted octanol–water partition coefficient (Wildman–Crippen LogP) is 2.86. The zero-order valence-corrected chi connectivity index (χ0v) is 11.3. The Hall–Kier alpha value is 0.217. The van der Waals surface area contributed by atoms with Crippen molar-refractivity contribution in [3.63, 3.8) is 0 Å². The molecule has 0 heterocycles. The summed E-state index contributed by atoms with van der Waals surface area (Å²) in [4.78, 5) is 0. The molecular formula is C10H19BrOSi. The van der Waals surface area contributed by atoms with Crippen LogP contribution in [0.2, 0.25) is 25.7 Å². The second-order valence-electron chi connectivity index (χ2n) is 4.41. The van der Waals surface area contributed by atoms with Crippen molar-refractivity contribution in [3.8, 4) is 11.8 Å². The third-order valence-electron chi connectivity index (χ3n) is 1.50. The van der Waals surface area contributed by atoms with E-state index in [4.69, 9.17) is 0 Å². The van der Waals surface area contributed by atoms with Crippen molar-refractivity contribution < 1.29 is 5.11 Å². The predicted molar refractivity (Wildman–Crippen MR) is 65.0 cm³/mol. The summed E-state index contributed by atoms with van der Waals surface area (Å²) in [7, 11) is -1.05. The lowest BCUT2D eigenvalue weighted by Gasteiger charge is -2.09. The maximum atomic E-state index is 9.40. The first kappa shape index (κ1) is 13.2. The second kappa shape index (κ2) is 6.64. The van der Waals surface area contributed by atoms with E-state index in [2.05, 4.69) is 47.4 Å². The molecule has 0 bridgehead atoms. The standard InChI is InChI=1S/C10H19BrOSi/c1-13(2,3)9-5-7-10(12)6-4-8-11/h10,12H,4,6,8-9H2,1-3H3. The van der Waals surface area contributed by atoms with Gasteiger partial charge in [0.2, 0.25) is 0 Å². The molecule has 0 saturated heterocycles. The van der Waals surface area contributed by atoms with Gasteiger partial charge in [0, 0.05) is 11.4 Å². The zero-order chi connectivity index (χ0) is 10.3. The summed E-state index contributed by atoms with van der Waals surface area (Å²) in [5.41, 5.74) is 0. The van der Waals surface area contributed by atoms with Crippen LogP contribution in [-0.2, 0) is 0 Å². The van der Waals surface area contributed by atoms with Gasteiger partial charge in [-0.3, -0.25) is 0 Å². The van der Waals surface area contributed by atoms with Crippen molar-refractivity contribution >= 4 is 24.0 Å².